The summed E-state index contributed by atoms with van der Waals surface area (Å²) in [6.07, 6.45) is 24.4. The lowest BCUT2D eigenvalue weighted by Gasteiger charge is -2.13. The van der Waals surface area contributed by atoms with Crippen LogP contribution in [0.1, 0.15) is 62.0 Å². The Hall–Kier alpha value is -9.38. The molecule has 4 heterocycles. The molecule has 9 aromatic carbocycles. The number of benzene rings is 9. The summed E-state index contributed by atoms with van der Waals surface area (Å²) in [5.74, 6) is 0. The van der Waals surface area contributed by atoms with Gasteiger partial charge in [-0.15, -0.1) is 0 Å². The van der Waals surface area contributed by atoms with Gasteiger partial charge in [0.25, 0.3) is 0 Å². The highest BCUT2D eigenvalue weighted by Gasteiger charge is 2.23. The van der Waals surface area contributed by atoms with Gasteiger partial charge in [0, 0.05) is 77.6 Å². The second-order valence-corrected chi connectivity index (χ2v) is 20.8. The summed E-state index contributed by atoms with van der Waals surface area (Å²) in [5.41, 5.74) is 22.4. The van der Waals surface area contributed by atoms with Crippen molar-refractivity contribution in [2.45, 2.75) is 52.4 Å². The molecule has 0 unspecified atom stereocenters. The molecular weight excluding hydrogens is 945 g/mol. The van der Waals surface area contributed by atoms with Crippen LogP contribution in [-0.4, -0.2) is 18.3 Å². The fourth-order valence-corrected chi connectivity index (χ4v) is 12.7. The standard InChI is InChI=1S/C66H46N4.C8H14/c1-3-16-47(17-4-1)67-59-26-11-7-22-51(59)55-38-43(30-34-63(55)67)45-32-36-65-57(40-45)53-24-9-13-28-61(53)69(65)49-20-15-21-50(42-49)70-62-29-14-10-25-54(62)58-41-46(33-37-66(58)70)44-31-35-64-56(39-44)52-23-8-12-27-60(52)68(64)48-18-5-2-6-19-48;1-3-5-7-8-6-4-2/h1-10,13-25,28-42H,11-12,26-27H2;3-6H,7-8H2,1-2H3/b;5-3-,6-4-. The number of nitrogens with zero attached hydrogens (tertiary/aromatic N) is 4. The smallest absolute Gasteiger partial charge is 0.0541 e. The predicted octanol–water partition coefficient (Wildman–Crippen LogP) is 19.9. The Morgan fingerprint density at radius 3 is 1.10 bits per heavy atom. The van der Waals surface area contributed by atoms with E-state index in [2.05, 4.69) is 287 Å². The third kappa shape index (κ3) is 7.98. The van der Waals surface area contributed by atoms with E-state index in [0.29, 0.717) is 0 Å². The van der Waals surface area contributed by atoms with Crippen molar-refractivity contribution in [3.8, 4) is 45.0 Å². The van der Waals surface area contributed by atoms with Crippen molar-refractivity contribution in [1.29, 1.82) is 0 Å². The van der Waals surface area contributed by atoms with Gasteiger partial charge in [-0.1, -0.05) is 152 Å². The maximum absolute atomic E-state index is 2.47. The van der Waals surface area contributed by atoms with Crippen LogP contribution in [0.4, 0.5) is 0 Å². The van der Waals surface area contributed by atoms with Crippen molar-refractivity contribution in [2.75, 3.05) is 0 Å². The second-order valence-electron chi connectivity index (χ2n) is 20.8. The fraction of sp³-hybridized carbons (Fsp3) is 0.108. The molecule has 0 saturated heterocycles. The number of fused-ring (bicyclic) bond motifs is 12. The lowest BCUT2D eigenvalue weighted by molar-refractivity contribution is 0.888. The molecule has 13 aromatic rings. The first-order valence-electron chi connectivity index (χ1n) is 27.8. The van der Waals surface area contributed by atoms with Crippen molar-refractivity contribution in [3.63, 3.8) is 0 Å². The highest BCUT2D eigenvalue weighted by atomic mass is 15.0. The summed E-state index contributed by atoms with van der Waals surface area (Å²) < 4.78 is 9.83. The molecule has 0 saturated carbocycles. The van der Waals surface area contributed by atoms with Crippen LogP contribution in [0.5, 0.6) is 0 Å². The summed E-state index contributed by atoms with van der Waals surface area (Å²) in [4.78, 5) is 0. The van der Waals surface area contributed by atoms with E-state index < -0.39 is 0 Å². The summed E-state index contributed by atoms with van der Waals surface area (Å²) >= 11 is 0. The molecular formula is C74H60N4. The maximum Gasteiger partial charge on any atom is 0.0541 e. The zero-order valence-corrected chi connectivity index (χ0v) is 44.3. The maximum atomic E-state index is 2.47. The number of aromatic nitrogens is 4. The first kappa shape index (κ1) is 47.1. The Labute approximate surface area is 456 Å². The minimum absolute atomic E-state index is 1.04. The molecule has 0 atom stereocenters. The average Bonchev–Trinajstić information content (AvgIpc) is 4.39. The number of para-hydroxylation sites is 4. The first-order valence-corrected chi connectivity index (χ1v) is 27.8. The van der Waals surface area contributed by atoms with Crippen molar-refractivity contribution in [3.05, 3.63) is 265 Å². The Morgan fingerprint density at radius 2 is 0.679 bits per heavy atom. The van der Waals surface area contributed by atoms with E-state index in [1.54, 1.807) is 0 Å². The van der Waals surface area contributed by atoms with Crippen LogP contribution < -0.4 is 0 Å². The number of rotatable bonds is 9. The predicted molar refractivity (Wildman–Crippen MR) is 333 cm³/mol. The highest BCUT2D eigenvalue weighted by Crippen LogP contribution is 2.42. The molecule has 78 heavy (non-hydrogen) atoms. The highest BCUT2D eigenvalue weighted by molar-refractivity contribution is 6.12. The molecule has 0 bridgehead atoms. The van der Waals surface area contributed by atoms with Crippen LogP contribution >= 0.6 is 0 Å². The molecule has 4 nitrogen and oxygen atoms in total. The third-order valence-corrected chi connectivity index (χ3v) is 16.2. The average molecular weight is 1010 g/mol. The van der Waals surface area contributed by atoms with Gasteiger partial charge in [-0.2, -0.15) is 0 Å². The van der Waals surface area contributed by atoms with Gasteiger partial charge < -0.3 is 18.3 Å². The minimum atomic E-state index is 1.04. The molecule has 2 aliphatic rings. The van der Waals surface area contributed by atoms with E-state index in [1.807, 2.05) is 0 Å². The molecule has 376 valence electrons. The van der Waals surface area contributed by atoms with E-state index >= 15 is 0 Å². The quantitative estimate of drug-likeness (QED) is 0.101. The zero-order chi connectivity index (χ0) is 52.1. The van der Waals surface area contributed by atoms with Crippen LogP contribution in [0.2, 0.25) is 0 Å². The Bertz CT molecular complexity index is 4270. The molecule has 0 radical (unpaired) electrons. The molecule has 0 spiro atoms. The molecule has 0 N–H and O–H groups in total. The molecule has 0 amide bonds. The number of hydrogen-bond acceptors (Lipinski definition) is 0. The molecule has 4 heteroatoms. The van der Waals surface area contributed by atoms with Crippen LogP contribution in [0.25, 0.3) is 123 Å². The van der Waals surface area contributed by atoms with Gasteiger partial charge in [0.05, 0.1) is 33.1 Å². The molecule has 15 rings (SSSR count). The summed E-state index contributed by atoms with van der Waals surface area (Å²) in [7, 11) is 0. The van der Waals surface area contributed by atoms with Crippen molar-refractivity contribution < 1.29 is 0 Å². The minimum Gasteiger partial charge on any atom is -0.313 e. The lowest BCUT2D eigenvalue weighted by atomic mass is 9.98. The monoisotopic (exact) mass is 1000 g/mol. The Kier molecular flexibility index (Phi) is 12.1. The molecule has 0 aliphatic heterocycles. The van der Waals surface area contributed by atoms with E-state index in [-0.39, 0.29) is 0 Å². The third-order valence-electron chi connectivity index (χ3n) is 16.2. The summed E-state index contributed by atoms with van der Waals surface area (Å²) in [6, 6.07) is 76.6. The fourth-order valence-electron chi connectivity index (χ4n) is 12.7. The number of unbranched alkanes of at least 4 members (excludes halogenated alkanes) is 1. The van der Waals surface area contributed by atoms with E-state index in [4.69, 9.17) is 0 Å². The lowest BCUT2D eigenvalue weighted by Crippen LogP contribution is -2.02. The summed E-state index contributed by atoms with van der Waals surface area (Å²) in [5, 5.41) is 7.60. The Morgan fingerprint density at radius 1 is 0.321 bits per heavy atom. The van der Waals surface area contributed by atoms with Crippen molar-refractivity contribution in [2.24, 2.45) is 0 Å². The van der Waals surface area contributed by atoms with E-state index in [0.717, 1.165) is 37.1 Å². The Balaban J connectivity index is 0.000000643. The normalized spacial score (nSPS) is 13.2. The van der Waals surface area contributed by atoms with Gasteiger partial charge in [0.15, 0.2) is 0 Å². The van der Waals surface area contributed by atoms with Crippen LogP contribution in [0, 0.1) is 0 Å². The van der Waals surface area contributed by atoms with Gasteiger partial charge in [0.1, 0.15) is 0 Å². The van der Waals surface area contributed by atoms with Gasteiger partial charge in [-0.05, 0) is 178 Å². The van der Waals surface area contributed by atoms with Gasteiger partial charge in [-0.3, -0.25) is 0 Å². The van der Waals surface area contributed by atoms with Gasteiger partial charge >= 0.3 is 0 Å². The molecule has 4 aromatic heterocycles. The first-order chi connectivity index (χ1) is 38.6. The molecule has 2 aliphatic carbocycles. The van der Waals surface area contributed by atoms with E-state index in [1.165, 1.54) is 134 Å². The second kappa shape index (κ2) is 20.0. The van der Waals surface area contributed by atoms with Gasteiger partial charge in [-0.25, -0.2) is 0 Å². The summed E-state index contributed by atoms with van der Waals surface area (Å²) in [6.45, 7) is 4.10. The number of hydrogen-bond donors (Lipinski definition) is 0. The van der Waals surface area contributed by atoms with Crippen LogP contribution in [-0.2, 0) is 12.8 Å². The van der Waals surface area contributed by atoms with Crippen LogP contribution in [0.15, 0.2) is 243 Å². The van der Waals surface area contributed by atoms with E-state index in [9.17, 15) is 0 Å². The zero-order valence-electron chi connectivity index (χ0n) is 44.3. The topological polar surface area (TPSA) is 19.7 Å². The van der Waals surface area contributed by atoms with Crippen molar-refractivity contribution in [1.82, 2.24) is 18.3 Å². The number of allylic oxidation sites excluding steroid dienone is 6. The van der Waals surface area contributed by atoms with Gasteiger partial charge in [0.2, 0.25) is 0 Å². The largest absolute Gasteiger partial charge is 0.313 e. The van der Waals surface area contributed by atoms with Crippen molar-refractivity contribution >= 4 is 77.6 Å². The SMILES string of the molecule is C/C=C\CC/C=C\C.C1=Cc2c(n(-c3ccccc3)c3ccc(-c4ccc5c(c4)c4ccccc4n5-c4cccc(-n5c6ccccc6c6cc(-c7ccc8c(c7)c7c(n8-c8ccccc8)CCC=C7)ccc65)c4)cc23)CC1. The molecule has 0 fully saturated rings. The van der Waals surface area contributed by atoms with Crippen LogP contribution in [0.3, 0.4) is 0 Å².